The van der Waals surface area contributed by atoms with Crippen LogP contribution in [0.25, 0.3) is 0 Å². The monoisotopic (exact) mass is 167 g/mol. The fourth-order valence-corrected chi connectivity index (χ4v) is 2.76. The summed E-state index contributed by atoms with van der Waals surface area (Å²) in [6.07, 6.45) is 2.10. The molecule has 2 aliphatic heterocycles. The molecule has 0 aliphatic carbocycles. The Kier molecular flexibility index (Phi) is 1.77. The van der Waals surface area contributed by atoms with Crippen molar-refractivity contribution in [2.75, 3.05) is 19.8 Å². The lowest BCUT2D eigenvalue weighted by molar-refractivity contribution is -0.0627. The molecule has 0 aromatic carbocycles. The highest BCUT2D eigenvalue weighted by Gasteiger charge is 2.59. The van der Waals surface area contributed by atoms with Gasteiger partial charge in [-0.3, -0.25) is 4.90 Å². The van der Waals surface area contributed by atoms with E-state index in [2.05, 4.69) is 31.4 Å². The molecule has 2 heteroatoms. The molecule has 3 unspecified atom stereocenters. The zero-order valence-corrected chi connectivity index (χ0v) is 7.92. The first-order valence-electron chi connectivity index (χ1n) is 4.73. The third kappa shape index (κ3) is 0.723. The topological polar surface area (TPSA) is 12.5 Å². The molecule has 2 heterocycles. The van der Waals surface area contributed by atoms with Gasteiger partial charge in [-0.05, 0) is 13.5 Å². The van der Waals surface area contributed by atoms with Gasteiger partial charge in [0, 0.05) is 17.5 Å². The number of nitrogens with zero attached hydrogens (tertiary/aromatic N) is 1. The van der Waals surface area contributed by atoms with Crippen molar-refractivity contribution < 1.29 is 4.74 Å². The van der Waals surface area contributed by atoms with Crippen LogP contribution in [0.5, 0.6) is 0 Å². The van der Waals surface area contributed by atoms with Crippen molar-refractivity contribution in [2.24, 2.45) is 5.41 Å². The van der Waals surface area contributed by atoms with E-state index < -0.39 is 0 Å². The average molecular weight is 167 g/mol. The SMILES string of the molecule is C=CC12COCC1N(CC)C2C. The van der Waals surface area contributed by atoms with Crippen molar-refractivity contribution in [3.8, 4) is 0 Å². The Hall–Kier alpha value is -0.340. The number of hydrogen-bond donors (Lipinski definition) is 0. The minimum Gasteiger partial charge on any atom is -0.379 e. The largest absolute Gasteiger partial charge is 0.379 e. The lowest BCUT2D eigenvalue weighted by Crippen LogP contribution is -2.68. The highest BCUT2D eigenvalue weighted by atomic mass is 16.5. The van der Waals surface area contributed by atoms with E-state index in [4.69, 9.17) is 4.74 Å². The van der Waals surface area contributed by atoms with Crippen LogP contribution in [0.4, 0.5) is 0 Å². The van der Waals surface area contributed by atoms with Crippen LogP contribution in [-0.2, 0) is 4.74 Å². The first kappa shape index (κ1) is 8.27. The summed E-state index contributed by atoms with van der Waals surface area (Å²) < 4.78 is 5.52. The molecule has 2 saturated heterocycles. The van der Waals surface area contributed by atoms with Crippen molar-refractivity contribution in [3.63, 3.8) is 0 Å². The van der Waals surface area contributed by atoms with Gasteiger partial charge in [0.15, 0.2) is 0 Å². The Labute approximate surface area is 74.2 Å². The van der Waals surface area contributed by atoms with Crippen LogP contribution in [0.15, 0.2) is 12.7 Å². The normalized spacial score (nSPS) is 46.8. The standard InChI is InChI=1S/C10H17NO/c1-4-10-7-12-6-9(10)11(5-2)8(10)3/h4,8-9H,1,5-7H2,2-3H3. The summed E-state index contributed by atoms with van der Waals surface area (Å²) in [6.45, 7) is 11.3. The summed E-state index contributed by atoms with van der Waals surface area (Å²) >= 11 is 0. The van der Waals surface area contributed by atoms with Crippen LogP contribution in [0, 0.1) is 5.41 Å². The molecule has 68 valence electrons. The van der Waals surface area contributed by atoms with E-state index in [1.54, 1.807) is 0 Å². The molecule has 0 radical (unpaired) electrons. The van der Waals surface area contributed by atoms with Gasteiger partial charge in [0.2, 0.25) is 0 Å². The summed E-state index contributed by atoms with van der Waals surface area (Å²) in [5.41, 5.74) is 0.274. The fourth-order valence-electron chi connectivity index (χ4n) is 2.76. The predicted octanol–water partition coefficient (Wildman–Crippen LogP) is 1.28. The molecule has 0 N–H and O–H groups in total. The zero-order chi connectivity index (χ0) is 8.77. The molecular formula is C10H17NO. The summed E-state index contributed by atoms with van der Waals surface area (Å²) in [5.74, 6) is 0. The molecular weight excluding hydrogens is 150 g/mol. The molecule has 0 aromatic rings. The lowest BCUT2D eigenvalue weighted by Gasteiger charge is -2.57. The molecule has 2 aliphatic rings. The molecule has 2 fully saturated rings. The summed E-state index contributed by atoms with van der Waals surface area (Å²) in [7, 11) is 0. The molecule has 0 bridgehead atoms. The summed E-state index contributed by atoms with van der Waals surface area (Å²) in [4.78, 5) is 2.49. The second kappa shape index (κ2) is 2.57. The zero-order valence-electron chi connectivity index (χ0n) is 7.92. The van der Waals surface area contributed by atoms with Gasteiger partial charge in [-0.1, -0.05) is 13.0 Å². The summed E-state index contributed by atoms with van der Waals surface area (Å²) in [6, 6.07) is 1.22. The van der Waals surface area contributed by atoms with Crippen molar-refractivity contribution in [2.45, 2.75) is 25.9 Å². The highest BCUT2D eigenvalue weighted by Crippen LogP contribution is 2.48. The highest BCUT2D eigenvalue weighted by molar-refractivity contribution is 5.20. The van der Waals surface area contributed by atoms with E-state index in [0.29, 0.717) is 12.1 Å². The molecule has 3 atom stereocenters. The Morgan fingerprint density at radius 3 is 3.08 bits per heavy atom. The van der Waals surface area contributed by atoms with E-state index in [1.807, 2.05) is 0 Å². The maximum Gasteiger partial charge on any atom is 0.0632 e. The maximum atomic E-state index is 5.52. The third-order valence-electron chi connectivity index (χ3n) is 3.67. The van der Waals surface area contributed by atoms with Crippen LogP contribution < -0.4 is 0 Å². The van der Waals surface area contributed by atoms with Gasteiger partial charge in [-0.2, -0.15) is 0 Å². The molecule has 12 heavy (non-hydrogen) atoms. The van der Waals surface area contributed by atoms with Crippen LogP contribution in [-0.4, -0.2) is 36.7 Å². The second-order valence-corrected chi connectivity index (χ2v) is 3.85. The Morgan fingerprint density at radius 2 is 2.50 bits per heavy atom. The molecule has 0 spiro atoms. The van der Waals surface area contributed by atoms with Crippen LogP contribution in [0.3, 0.4) is 0 Å². The van der Waals surface area contributed by atoms with Crippen LogP contribution >= 0.6 is 0 Å². The van der Waals surface area contributed by atoms with E-state index in [-0.39, 0.29) is 5.41 Å². The molecule has 2 rings (SSSR count). The number of likely N-dealkylation sites (tertiary alicyclic amines) is 1. The van der Waals surface area contributed by atoms with Crippen molar-refractivity contribution >= 4 is 0 Å². The molecule has 0 saturated carbocycles. The number of rotatable bonds is 2. The fraction of sp³-hybridized carbons (Fsp3) is 0.800. The van der Waals surface area contributed by atoms with E-state index in [0.717, 1.165) is 19.8 Å². The van der Waals surface area contributed by atoms with Crippen molar-refractivity contribution in [1.82, 2.24) is 4.90 Å². The minimum absolute atomic E-state index is 0.274. The van der Waals surface area contributed by atoms with Gasteiger partial charge in [-0.15, -0.1) is 6.58 Å². The average Bonchev–Trinajstić information content (AvgIpc) is 2.46. The number of hydrogen-bond acceptors (Lipinski definition) is 2. The Morgan fingerprint density at radius 1 is 1.75 bits per heavy atom. The smallest absolute Gasteiger partial charge is 0.0632 e. The van der Waals surface area contributed by atoms with E-state index in [1.165, 1.54) is 0 Å². The summed E-state index contributed by atoms with van der Waals surface area (Å²) in [5, 5.41) is 0. The maximum absolute atomic E-state index is 5.52. The number of ether oxygens (including phenoxy) is 1. The first-order chi connectivity index (χ1) is 5.76. The van der Waals surface area contributed by atoms with Gasteiger partial charge >= 0.3 is 0 Å². The van der Waals surface area contributed by atoms with Gasteiger partial charge in [-0.25, -0.2) is 0 Å². The van der Waals surface area contributed by atoms with Crippen LogP contribution in [0.1, 0.15) is 13.8 Å². The minimum atomic E-state index is 0.274. The predicted molar refractivity (Wildman–Crippen MR) is 49.1 cm³/mol. The van der Waals surface area contributed by atoms with Crippen molar-refractivity contribution in [3.05, 3.63) is 12.7 Å². The molecule has 2 nitrogen and oxygen atoms in total. The molecule has 0 aromatic heterocycles. The number of likely N-dealkylation sites (N-methyl/N-ethyl adjacent to an activating group) is 1. The Bertz CT molecular complexity index is 204. The van der Waals surface area contributed by atoms with E-state index in [9.17, 15) is 0 Å². The third-order valence-corrected chi connectivity index (χ3v) is 3.67. The van der Waals surface area contributed by atoms with Gasteiger partial charge in [0.05, 0.1) is 13.2 Å². The van der Waals surface area contributed by atoms with Crippen molar-refractivity contribution in [1.29, 1.82) is 0 Å². The molecule has 0 amide bonds. The van der Waals surface area contributed by atoms with Gasteiger partial charge in [0.1, 0.15) is 0 Å². The lowest BCUT2D eigenvalue weighted by atomic mass is 9.67. The first-order valence-corrected chi connectivity index (χ1v) is 4.73. The van der Waals surface area contributed by atoms with Gasteiger partial charge < -0.3 is 4.74 Å². The number of fused-ring (bicyclic) bond motifs is 1. The second-order valence-electron chi connectivity index (χ2n) is 3.85. The Balaban J connectivity index is 2.20. The van der Waals surface area contributed by atoms with Gasteiger partial charge in [0.25, 0.3) is 0 Å². The van der Waals surface area contributed by atoms with E-state index >= 15 is 0 Å². The quantitative estimate of drug-likeness (QED) is 0.574. The van der Waals surface area contributed by atoms with Crippen LogP contribution in [0.2, 0.25) is 0 Å².